The molecule has 5 rings (SSSR count). The third-order valence-electron chi connectivity index (χ3n) is 4.96. The lowest BCUT2D eigenvalue weighted by Gasteiger charge is -2.10. The molecule has 1 amide bonds. The van der Waals surface area contributed by atoms with Crippen LogP contribution in [-0.2, 0) is 0 Å². The van der Waals surface area contributed by atoms with Gasteiger partial charge in [-0.15, -0.1) is 11.3 Å². The van der Waals surface area contributed by atoms with E-state index in [4.69, 9.17) is 4.98 Å². The minimum Gasteiger partial charge on any atom is -0.381 e. The Morgan fingerprint density at radius 3 is 2.83 bits per heavy atom. The zero-order chi connectivity index (χ0) is 20.0. The van der Waals surface area contributed by atoms with Crippen LogP contribution in [0, 0.1) is 11.8 Å². The third-order valence-corrected chi connectivity index (χ3v) is 6.11. The van der Waals surface area contributed by atoms with E-state index in [9.17, 15) is 4.79 Å². The minimum absolute atomic E-state index is 0.0190. The summed E-state index contributed by atoms with van der Waals surface area (Å²) in [6.45, 7) is 4.49. The van der Waals surface area contributed by atoms with Crippen LogP contribution in [0.5, 0.6) is 0 Å². The second-order valence-electron chi connectivity index (χ2n) is 7.05. The number of carbonyl (C=O) groups excluding carboxylic acids is 1. The van der Waals surface area contributed by atoms with Crippen molar-refractivity contribution in [1.29, 1.82) is 0 Å². The second kappa shape index (κ2) is 6.87. The maximum atomic E-state index is 12.6. The fourth-order valence-corrected chi connectivity index (χ4v) is 4.74. The van der Waals surface area contributed by atoms with Gasteiger partial charge < -0.3 is 10.6 Å². The van der Waals surface area contributed by atoms with Gasteiger partial charge in [0.2, 0.25) is 0 Å². The SMILES string of the molecule is CC#Cc1cccc(-c2ccc3c(ccc4sc5c(c43)NC[C@@H](C)NC5=O)n2)n1. The predicted molar refractivity (Wildman–Crippen MR) is 118 cm³/mol. The van der Waals surface area contributed by atoms with Crippen molar-refractivity contribution < 1.29 is 4.79 Å². The fourth-order valence-electron chi connectivity index (χ4n) is 3.64. The molecular weight excluding hydrogens is 380 g/mol. The van der Waals surface area contributed by atoms with Crippen LogP contribution in [0.1, 0.15) is 29.2 Å². The van der Waals surface area contributed by atoms with E-state index >= 15 is 0 Å². The highest BCUT2D eigenvalue weighted by Crippen LogP contribution is 2.41. The van der Waals surface area contributed by atoms with Gasteiger partial charge in [0, 0.05) is 28.1 Å². The molecule has 1 aliphatic rings. The molecule has 0 spiro atoms. The van der Waals surface area contributed by atoms with Crippen molar-refractivity contribution >= 4 is 43.9 Å². The lowest BCUT2D eigenvalue weighted by Crippen LogP contribution is -2.34. The van der Waals surface area contributed by atoms with E-state index in [1.807, 2.05) is 43.3 Å². The summed E-state index contributed by atoms with van der Waals surface area (Å²) < 4.78 is 1.08. The standard InChI is InChI=1S/C23H18N4OS/c1-3-5-14-6-4-7-17(26-14)18-9-8-15-16(27-18)10-11-19-20(15)21-22(29-19)23(28)25-13(2)12-24-21/h4,6-11,13,24H,12H2,1-2H3,(H,25,28)/t13-/m1/s1. The van der Waals surface area contributed by atoms with Crippen molar-refractivity contribution in [3.05, 3.63) is 53.0 Å². The van der Waals surface area contributed by atoms with Gasteiger partial charge in [-0.2, -0.15) is 0 Å². The zero-order valence-corrected chi connectivity index (χ0v) is 16.9. The lowest BCUT2D eigenvalue weighted by atomic mass is 10.1. The molecule has 0 fully saturated rings. The number of hydrogen-bond acceptors (Lipinski definition) is 5. The van der Waals surface area contributed by atoms with Crippen LogP contribution in [0.25, 0.3) is 32.4 Å². The molecule has 0 bridgehead atoms. The molecule has 0 saturated carbocycles. The molecule has 6 heteroatoms. The van der Waals surface area contributed by atoms with Gasteiger partial charge >= 0.3 is 0 Å². The van der Waals surface area contributed by atoms with Crippen LogP contribution in [0.3, 0.4) is 0 Å². The molecule has 0 radical (unpaired) electrons. The Morgan fingerprint density at radius 2 is 1.97 bits per heavy atom. The Hall–Kier alpha value is -3.43. The first kappa shape index (κ1) is 17.7. The Labute approximate surface area is 172 Å². The van der Waals surface area contributed by atoms with Gasteiger partial charge in [0.25, 0.3) is 5.91 Å². The van der Waals surface area contributed by atoms with Crippen molar-refractivity contribution in [3.8, 4) is 23.2 Å². The van der Waals surface area contributed by atoms with Gasteiger partial charge in [-0.3, -0.25) is 4.79 Å². The second-order valence-corrected chi connectivity index (χ2v) is 8.10. The number of fused-ring (bicyclic) bond motifs is 5. The van der Waals surface area contributed by atoms with Gasteiger partial charge in [0.05, 0.1) is 22.6 Å². The number of benzene rings is 1. The Morgan fingerprint density at radius 1 is 1.10 bits per heavy atom. The van der Waals surface area contributed by atoms with Crippen LogP contribution in [0.2, 0.25) is 0 Å². The van der Waals surface area contributed by atoms with Gasteiger partial charge in [0.15, 0.2) is 0 Å². The number of aromatic nitrogens is 2. The van der Waals surface area contributed by atoms with E-state index in [0.29, 0.717) is 6.54 Å². The maximum absolute atomic E-state index is 12.6. The normalized spacial score (nSPS) is 15.8. The monoisotopic (exact) mass is 398 g/mol. The first-order valence-corrected chi connectivity index (χ1v) is 10.3. The molecule has 1 aromatic carbocycles. The van der Waals surface area contributed by atoms with Crippen molar-refractivity contribution in [2.75, 3.05) is 11.9 Å². The van der Waals surface area contributed by atoms with Crippen molar-refractivity contribution in [3.63, 3.8) is 0 Å². The van der Waals surface area contributed by atoms with Crippen molar-refractivity contribution in [2.24, 2.45) is 0 Å². The predicted octanol–water partition coefficient (Wildman–Crippen LogP) is 4.43. The highest BCUT2D eigenvalue weighted by molar-refractivity contribution is 7.21. The summed E-state index contributed by atoms with van der Waals surface area (Å²) in [5.74, 6) is 5.85. The number of nitrogens with zero attached hydrogens (tertiary/aromatic N) is 2. The number of hydrogen-bond donors (Lipinski definition) is 2. The molecule has 1 aliphatic heterocycles. The summed E-state index contributed by atoms with van der Waals surface area (Å²) >= 11 is 1.52. The summed E-state index contributed by atoms with van der Waals surface area (Å²) in [6, 6.07) is 14.0. The molecule has 4 heterocycles. The van der Waals surface area contributed by atoms with E-state index in [0.717, 1.165) is 48.6 Å². The summed E-state index contributed by atoms with van der Waals surface area (Å²) in [4.78, 5) is 22.7. The third kappa shape index (κ3) is 3.00. The number of rotatable bonds is 1. The number of pyridine rings is 2. The first-order chi connectivity index (χ1) is 14.1. The molecule has 3 aromatic heterocycles. The molecule has 0 unspecified atom stereocenters. The Balaban J connectivity index is 1.68. The molecule has 2 N–H and O–H groups in total. The van der Waals surface area contributed by atoms with E-state index in [1.165, 1.54) is 11.3 Å². The molecular formula is C23H18N4OS. The highest BCUT2D eigenvalue weighted by Gasteiger charge is 2.24. The molecule has 0 aliphatic carbocycles. The van der Waals surface area contributed by atoms with E-state index in [-0.39, 0.29) is 11.9 Å². The van der Waals surface area contributed by atoms with Crippen LogP contribution < -0.4 is 10.6 Å². The fraction of sp³-hybridized carbons (Fsp3) is 0.174. The lowest BCUT2D eigenvalue weighted by molar-refractivity contribution is 0.0949. The van der Waals surface area contributed by atoms with Crippen LogP contribution in [-0.4, -0.2) is 28.5 Å². The van der Waals surface area contributed by atoms with Gasteiger partial charge in [-0.05, 0) is 56.2 Å². The van der Waals surface area contributed by atoms with E-state index in [1.54, 1.807) is 6.92 Å². The highest BCUT2D eigenvalue weighted by atomic mass is 32.1. The minimum atomic E-state index is -0.0190. The number of amides is 1. The summed E-state index contributed by atoms with van der Waals surface area (Å²) in [5.41, 5.74) is 4.11. The molecule has 1 atom stereocenters. The van der Waals surface area contributed by atoms with Crippen molar-refractivity contribution in [2.45, 2.75) is 19.9 Å². The van der Waals surface area contributed by atoms with Gasteiger partial charge in [-0.25, -0.2) is 9.97 Å². The van der Waals surface area contributed by atoms with Crippen LogP contribution >= 0.6 is 11.3 Å². The van der Waals surface area contributed by atoms with Crippen LogP contribution in [0.15, 0.2) is 42.5 Å². The Bertz CT molecular complexity index is 1350. The quantitative estimate of drug-likeness (QED) is 0.466. The smallest absolute Gasteiger partial charge is 0.263 e. The largest absolute Gasteiger partial charge is 0.381 e. The number of carbonyl (C=O) groups is 1. The van der Waals surface area contributed by atoms with E-state index < -0.39 is 0 Å². The molecule has 4 aromatic rings. The topological polar surface area (TPSA) is 66.9 Å². The van der Waals surface area contributed by atoms with Gasteiger partial charge in [-0.1, -0.05) is 12.0 Å². The molecule has 5 nitrogen and oxygen atoms in total. The average Bonchev–Trinajstić information content (AvgIpc) is 3.05. The molecule has 142 valence electrons. The average molecular weight is 398 g/mol. The number of anilines is 1. The molecule has 29 heavy (non-hydrogen) atoms. The van der Waals surface area contributed by atoms with Crippen molar-refractivity contribution in [1.82, 2.24) is 15.3 Å². The Kier molecular flexibility index (Phi) is 4.18. The van der Waals surface area contributed by atoms with Gasteiger partial charge in [0.1, 0.15) is 10.6 Å². The maximum Gasteiger partial charge on any atom is 0.263 e. The van der Waals surface area contributed by atoms with Crippen LogP contribution in [0.4, 0.5) is 5.69 Å². The van der Waals surface area contributed by atoms with E-state index in [2.05, 4.69) is 33.5 Å². The zero-order valence-electron chi connectivity index (χ0n) is 16.0. The number of thiophene rings is 1. The molecule has 0 saturated heterocycles. The summed E-state index contributed by atoms with van der Waals surface area (Å²) in [7, 11) is 0. The number of nitrogens with one attached hydrogen (secondary N) is 2. The first-order valence-electron chi connectivity index (χ1n) is 9.45. The summed E-state index contributed by atoms with van der Waals surface area (Å²) in [6.07, 6.45) is 0. The summed E-state index contributed by atoms with van der Waals surface area (Å²) in [5, 5.41) is 8.58.